The Morgan fingerprint density at radius 1 is 1.10 bits per heavy atom. The molecule has 0 aliphatic carbocycles. The van der Waals surface area contributed by atoms with Gasteiger partial charge in [0.15, 0.2) is 0 Å². The first-order valence-corrected chi connectivity index (χ1v) is 8.57. The van der Waals surface area contributed by atoms with Crippen molar-refractivity contribution in [3.05, 3.63) is 18.2 Å². The zero-order chi connectivity index (χ0) is 15.2. The normalized spacial score (nSPS) is 10.7. The molecule has 0 aliphatic rings. The van der Waals surface area contributed by atoms with E-state index in [1.165, 1.54) is 51.4 Å². The third-order valence-corrected chi connectivity index (χ3v) is 3.78. The van der Waals surface area contributed by atoms with Crippen molar-refractivity contribution in [1.82, 2.24) is 15.3 Å². The highest BCUT2D eigenvalue weighted by molar-refractivity contribution is 5.75. The zero-order valence-electron chi connectivity index (χ0n) is 13.5. The lowest BCUT2D eigenvalue weighted by Gasteiger charge is -2.04. The predicted octanol–water partition coefficient (Wildman–Crippen LogP) is 3.99. The molecule has 1 aromatic rings. The van der Waals surface area contributed by atoms with E-state index in [2.05, 4.69) is 22.2 Å². The van der Waals surface area contributed by atoms with Crippen LogP contribution in [-0.4, -0.2) is 22.4 Å². The maximum absolute atomic E-state index is 11.6. The van der Waals surface area contributed by atoms with E-state index < -0.39 is 0 Å². The number of nitrogens with zero attached hydrogens (tertiary/aromatic N) is 1. The number of rotatable bonds is 13. The SMILES string of the molecule is CCCCCCCCCCCC(=O)NCCc1cnc[nH]1. The van der Waals surface area contributed by atoms with Crippen molar-refractivity contribution >= 4 is 5.91 Å². The fourth-order valence-corrected chi connectivity index (χ4v) is 2.44. The summed E-state index contributed by atoms with van der Waals surface area (Å²) in [6.45, 7) is 2.94. The third-order valence-electron chi connectivity index (χ3n) is 3.78. The van der Waals surface area contributed by atoms with Crippen LogP contribution in [0, 0.1) is 0 Å². The van der Waals surface area contributed by atoms with Gasteiger partial charge in [-0.25, -0.2) is 4.98 Å². The smallest absolute Gasteiger partial charge is 0.220 e. The van der Waals surface area contributed by atoms with E-state index in [1.54, 1.807) is 12.5 Å². The van der Waals surface area contributed by atoms with Gasteiger partial charge >= 0.3 is 0 Å². The molecule has 0 fully saturated rings. The van der Waals surface area contributed by atoms with Crippen LogP contribution >= 0.6 is 0 Å². The van der Waals surface area contributed by atoms with Crippen LogP contribution in [-0.2, 0) is 11.2 Å². The van der Waals surface area contributed by atoms with Crippen molar-refractivity contribution in [1.29, 1.82) is 0 Å². The largest absolute Gasteiger partial charge is 0.356 e. The number of H-pyrrole nitrogens is 1. The summed E-state index contributed by atoms with van der Waals surface area (Å²) in [7, 11) is 0. The average molecular weight is 293 g/mol. The van der Waals surface area contributed by atoms with Crippen LogP contribution in [0.4, 0.5) is 0 Å². The number of aromatic nitrogens is 2. The Labute approximate surface area is 129 Å². The van der Waals surface area contributed by atoms with Gasteiger partial charge in [-0.05, 0) is 6.42 Å². The summed E-state index contributed by atoms with van der Waals surface area (Å²) < 4.78 is 0. The number of carbonyl (C=O) groups excluding carboxylic acids is 1. The minimum absolute atomic E-state index is 0.178. The highest BCUT2D eigenvalue weighted by Crippen LogP contribution is 2.10. The Balaban J connectivity index is 1.83. The lowest BCUT2D eigenvalue weighted by atomic mass is 10.1. The lowest BCUT2D eigenvalue weighted by Crippen LogP contribution is -2.25. The van der Waals surface area contributed by atoms with E-state index in [4.69, 9.17) is 0 Å². The molecule has 4 nitrogen and oxygen atoms in total. The van der Waals surface area contributed by atoms with Gasteiger partial charge in [-0.3, -0.25) is 4.79 Å². The summed E-state index contributed by atoms with van der Waals surface area (Å²) in [5.41, 5.74) is 1.07. The van der Waals surface area contributed by atoms with Crippen LogP contribution in [0.25, 0.3) is 0 Å². The third kappa shape index (κ3) is 10.1. The summed E-state index contributed by atoms with van der Waals surface area (Å²) in [5, 5.41) is 2.96. The second kappa shape index (κ2) is 12.4. The van der Waals surface area contributed by atoms with Crippen LogP contribution in [0.15, 0.2) is 12.5 Å². The second-order valence-corrected chi connectivity index (χ2v) is 5.76. The number of nitrogens with one attached hydrogen (secondary N) is 2. The van der Waals surface area contributed by atoms with E-state index in [0.717, 1.165) is 18.5 Å². The van der Waals surface area contributed by atoms with Crippen molar-refractivity contribution < 1.29 is 4.79 Å². The van der Waals surface area contributed by atoms with Crippen molar-refractivity contribution in [3.63, 3.8) is 0 Å². The summed E-state index contributed by atoms with van der Waals surface area (Å²) >= 11 is 0. The van der Waals surface area contributed by atoms with E-state index in [1.807, 2.05) is 0 Å². The Morgan fingerprint density at radius 2 is 1.76 bits per heavy atom. The van der Waals surface area contributed by atoms with E-state index in [-0.39, 0.29) is 5.91 Å². The Morgan fingerprint density at radius 3 is 2.38 bits per heavy atom. The lowest BCUT2D eigenvalue weighted by molar-refractivity contribution is -0.121. The molecule has 1 heterocycles. The Hall–Kier alpha value is -1.32. The first-order chi connectivity index (χ1) is 10.3. The van der Waals surface area contributed by atoms with Gasteiger partial charge in [-0.2, -0.15) is 0 Å². The number of hydrogen-bond acceptors (Lipinski definition) is 2. The predicted molar refractivity (Wildman–Crippen MR) is 87.1 cm³/mol. The first-order valence-electron chi connectivity index (χ1n) is 8.57. The average Bonchev–Trinajstić information content (AvgIpc) is 2.99. The van der Waals surface area contributed by atoms with Crippen LogP contribution in [0.2, 0.25) is 0 Å². The molecule has 0 unspecified atom stereocenters. The number of aromatic amines is 1. The molecular formula is C17H31N3O. The number of unbranched alkanes of at least 4 members (excludes halogenated alkanes) is 8. The maximum Gasteiger partial charge on any atom is 0.220 e. The molecule has 0 saturated carbocycles. The Bertz CT molecular complexity index is 349. The van der Waals surface area contributed by atoms with E-state index >= 15 is 0 Å². The monoisotopic (exact) mass is 293 g/mol. The molecule has 1 amide bonds. The van der Waals surface area contributed by atoms with Gasteiger partial charge in [0, 0.05) is 31.3 Å². The van der Waals surface area contributed by atoms with Gasteiger partial charge < -0.3 is 10.3 Å². The van der Waals surface area contributed by atoms with E-state index in [9.17, 15) is 4.79 Å². The van der Waals surface area contributed by atoms with Gasteiger partial charge in [0.05, 0.1) is 6.33 Å². The quantitative estimate of drug-likeness (QED) is 0.540. The van der Waals surface area contributed by atoms with Crippen LogP contribution in [0.1, 0.15) is 76.8 Å². The molecule has 0 atom stereocenters. The molecule has 120 valence electrons. The van der Waals surface area contributed by atoms with Crippen molar-refractivity contribution in [2.24, 2.45) is 0 Å². The summed E-state index contributed by atoms with van der Waals surface area (Å²) in [4.78, 5) is 18.6. The Kier molecular flexibility index (Phi) is 10.5. The number of amides is 1. The number of hydrogen-bond donors (Lipinski definition) is 2. The highest BCUT2D eigenvalue weighted by atomic mass is 16.1. The molecule has 0 bridgehead atoms. The molecule has 2 N–H and O–H groups in total. The first kappa shape index (κ1) is 17.7. The summed E-state index contributed by atoms with van der Waals surface area (Å²) in [6.07, 6.45) is 16.6. The topological polar surface area (TPSA) is 57.8 Å². The minimum Gasteiger partial charge on any atom is -0.356 e. The molecule has 21 heavy (non-hydrogen) atoms. The highest BCUT2D eigenvalue weighted by Gasteiger charge is 2.01. The molecule has 0 radical (unpaired) electrons. The van der Waals surface area contributed by atoms with Gasteiger partial charge in [0.1, 0.15) is 0 Å². The molecule has 1 rings (SSSR count). The fourth-order valence-electron chi connectivity index (χ4n) is 2.44. The van der Waals surface area contributed by atoms with Gasteiger partial charge in [-0.15, -0.1) is 0 Å². The molecule has 0 saturated heterocycles. The van der Waals surface area contributed by atoms with Crippen LogP contribution in [0.3, 0.4) is 0 Å². The molecule has 4 heteroatoms. The molecule has 0 aliphatic heterocycles. The minimum atomic E-state index is 0.178. The fraction of sp³-hybridized carbons (Fsp3) is 0.765. The molecule has 0 spiro atoms. The van der Waals surface area contributed by atoms with Gasteiger partial charge in [0.2, 0.25) is 5.91 Å². The number of imidazole rings is 1. The van der Waals surface area contributed by atoms with Crippen molar-refractivity contribution in [2.75, 3.05) is 6.54 Å². The summed E-state index contributed by atoms with van der Waals surface area (Å²) in [6, 6.07) is 0. The molecule has 1 aromatic heterocycles. The second-order valence-electron chi connectivity index (χ2n) is 5.76. The molecule has 0 aromatic carbocycles. The van der Waals surface area contributed by atoms with Crippen molar-refractivity contribution in [3.8, 4) is 0 Å². The van der Waals surface area contributed by atoms with Crippen molar-refractivity contribution in [2.45, 2.75) is 77.6 Å². The van der Waals surface area contributed by atoms with Crippen LogP contribution < -0.4 is 5.32 Å². The maximum atomic E-state index is 11.6. The summed E-state index contributed by atoms with van der Waals surface area (Å²) in [5.74, 6) is 0.178. The van der Waals surface area contributed by atoms with Crippen LogP contribution in [0.5, 0.6) is 0 Å². The van der Waals surface area contributed by atoms with Gasteiger partial charge in [-0.1, -0.05) is 58.3 Å². The standard InChI is InChI=1S/C17H31N3O/c1-2-3-4-5-6-7-8-9-10-11-17(21)19-13-12-16-14-18-15-20-16/h14-15H,2-13H2,1H3,(H,18,20)(H,19,21). The van der Waals surface area contributed by atoms with E-state index in [0.29, 0.717) is 13.0 Å². The number of carbonyl (C=O) groups is 1. The zero-order valence-corrected chi connectivity index (χ0v) is 13.5. The molecular weight excluding hydrogens is 262 g/mol. The van der Waals surface area contributed by atoms with Gasteiger partial charge in [0.25, 0.3) is 0 Å².